The Hall–Kier alpha value is -2.30. The molecule has 3 rings (SSSR count). The Morgan fingerprint density at radius 1 is 1.43 bits per heavy atom. The highest BCUT2D eigenvalue weighted by molar-refractivity contribution is 5.93. The number of hydrogen-bond donors (Lipinski definition) is 0. The number of fused-ring (bicyclic) bond motifs is 1. The van der Waals surface area contributed by atoms with Gasteiger partial charge in [-0.05, 0) is 11.6 Å². The van der Waals surface area contributed by atoms with Crippen molar-refractivity contribution >= 4 is 5.91 Å². The normalized spacial score (nSPS) is 16.4. The van der Waals surface area contributed by atoms with Crippen LogP contribution in [-0.4, -0.2) is 35.5 Å². The van der Waals surface area contributed by atoms with E-state index in [0.717, 1.165) is 12.2 Å². The molecule has 1 amide bonds. The smallest absolute Gasteiger partial charge is 0.275 e. The molecule has 110 valence electrons. The summed E-state index contributed by atoms with van der Waals surface area (Å²) < 4.78 is 11.1. The van der Waals surface area contributed by atoms with E-state index < -0.39 is 0 Å². The summed E-state index contributed by atoms with van der Waals surface area (Å²) in [6.45, 7) is 2.47. The average molecular weight is 286 g/mol. The summed E-state index contributed by atoms with van der Waals surface area (Å²) in [6.07, 6.45) is 2.79. The van der Waals surface area contributed by atoms with Gasteiger partial charge in [0.15, 0.2) is 12.1 Å². The number of likely N-dealkylation sites (N-methyl/N-ethyl adjacent to an activating group) is 1. The van der Waals surface area contributed by atoms with Crippen molar-refractivity contribution in [2.45, 2.75) is 25.9 Å². The molecule has 5 nitrogen and oxygen atoms in total. The molecule has 0 aliphatic carbocycles. The number of carbonyl (C=O) groups excluding carboxylic acids is 1. The highest BCUT2D eigenvalue weighted by Crippen LogP contribution is 2.28. The first-order valence-electron chi connectivity index (χ1n) is 7.11. The molecule has 0 saturated carbocycles. The van der Waals surface area contributed by atoms with E-state index in [1.165, 1.54) is 12.0 Å². The van der Waals surface area contributed by atoms with E-state index in [1.807, 2.05) is 25.1 Å². The van der Waals surface area contributed by atoms with Crippen LogP contribution < -0.4 is 4.74 Å². The van der Waals surface area contributed by atoms with Gasteiger partial charge in [0.25, 0.3) is 5.91 Å². The largest absolute Gasteiger partial charge is 0.488 e. The zero-order valence-electron chi connectivity index (χ0n) is 12.2. The van der Waals surface area contributed by atoms with Crippen molar-refractivity contribution < 1.29 is 13.9 Å². The van der Waals surface area contributed by atoms with Crippen LogP contribution in [0.1, 0.15) is 28.7 Å². The molecule has 1 aromatic carbocycles. The number of benzene rings is 1. The van der Waals surface area contributed by atoms with Gasteiger partial charge in [0, 0.05) is 19.9 Å². The number of aromatic nitrogens is 1. The van der Waals surface area contributed by atoms with Crippen LogP contribution in [0.5, 0.6) is 5.75 Å². The minimum atomic E-state index is -0.125. The van der Waals surface area contributed by atoms with Crippen LogP contribution in [0, 0.1) is 0 Å². The molecule has 1 aromatic heterocycles. The molecule has 2 heterocycles. The summed E-state index contributed by atoms with van der Waals surface area (Å²) in [4.78, 5) is 18.1. The quantitative estimate of drug-likeness (QED) is 0.865. The summed E-state index contributed by atoms with van der Waals surface area (Å²) in [5, 5.41) is 0. The van der Waals surface area contributed by atoms with Crippen LogP contribution in [0.2, 0.25) is 0 Å². The monoisotopic (exact) mass is 286 g/mol. The van der Waals surface area contributed by atoms with Crippen molar-refractivity contribution in [2.75, 3.05) is 13.6 Å². The molecule has 1 atom stereocenters. The fourth-order valence-electron chi connectivity index (χ4n) is 2.62. The summed E-state index contributed by atoms with van der Waals surface area (Å²) in [5.74, 6) is 1.42. The highest BCUT2D eigenvalue weighted by atomic mass is 16.5. The third kappa shape index (κ3) is 2.63. The van der Waals surface area contributed by atoms with Gasteiger partial charge in [-0.15, -0.1) is 0 Å². The topological polar surface area (TPSA) is 55.6 Å². The van der Waals surface area contributed by atoms with Crippen LogP contribution in [-0.2, 0) is 12.8 Å². The Bertz CT molecular complexity index is 625. The van der Waals surface area contributed by atoms with E-state index in [2.05, 4.69) is 11.1 Å². The number of nitrogens with zero attached hydrogens (tertiary/aromatic N) is 2. The van der Waals surface area contributed by atoms with Gasteiger partial charge in [-0.25, -0.2) is 4.98 Å². The summed E-state index contributed by atoms with van der Waals surface area (Å²) in [5.41, 5.74) is 1.59. The molecule has 5 heteroatoms. The summed E-state index contributed by atoms with van der Waals surface area (Å²) in [7, 11) is 1.77. The SMILES string of the molecule is CCc1ocnc1C(=O)N(C)CC1Cc2ccccc2O1. The Balaban J connectivity index is 1.65. The zero-order valence-corrected chi connectivity index (χ0v) is 12.2. The number of aryl methyl sites for hydroxylation is 1. The molecular weight excluding hydrogens is 268 g/mol. The molecule has 1 aliphatic heterocycles. The molecule has 1 aliphatic rings. The molecule has 0 radical (unpaired) electrons. The van der Waals surface area contributed by atoms with Crippen LogP contribution in [0.15, 0.2) is 35.1 Å². The van der Waals surface area contributed by atoms with Gasteiger partial charge >= 0.3 is 0 Å². The van der Waals surface area contributed by atoms with E-state index in [4.69, 9.17) is 9.15 Å². The maximum atomic E-state index is 12.4. The number of para-hydroxylation sites is 1. The van der Waals surface area contributed by atoms with Gasteiger partial charge in [0.05, 0.1) is 6.54 Å². The lowest BCUT2D eigenvalue weighted by Crippen LogP contribution is -2.36. The number of amides is 1. The van der Waals surface area contributed by atoms with Gasteiger partial charge in [0.2, 0.25) is 0 Å². The van der Waals surface area contributed by atoms with Crippen LogP contribution in [0.4, 0.5) is 0 Å². The molecular formula is C16H18N2O3. The molecule has 21 heavy (non-hydrogen) atoms. The Labute approximate surface area is 123 Å². The fourth-order valence-corrected chi connectivity index (χ4v) is 2.62. The number of hydrogen-bond acceptors (Lipinski definition) is 4. The van der Waals surface area contributed by atoms with Crippen LogP contribution in [0.3, 0.4) is 0 Å². The van der Waals surface area contributed by atoms with Crippen molar-refractivity contribution in [1.29, 1.82) is 0 Å². The lowest BCUT2D eigenvalue weighted by atomic mass is 10.1. The second kappa shape index (κ2) is 5.60. The predicted molar refractivity (Wildman–Crippen MR) is 77.4 cm³/mol. The Morgan fingerprint density at radius 2 is 2.24 bits per heavy atom. The first kappa shape index (κ1) is 13.7. The van der Waals surface area contributed by atoms with Crippen LogP contribution >= 0.6 is 0 Å². The molecule has 0 N–H and O–H groups in total. The third-order valence-corrected chi connectivity index (χ3v) is 3.70. The van der Waals surface area contributed by atoms with Gasteiger partial charge in [-0.3, -0.25) is 4.79 Å². The molecule has 2 aromatic rings. The van der Waals surface area contributed by atoms with E-state index in [9.17, 15) is 4.79 Å². The molecule has 1 unspecified atom stereocenters. The van der Waals surface area contributed by atoms with Crippen molar-refractivity contribution in [3.63, 3.8) is 0 Å². The van der Waals surface area contributed by atoms with Crippen LogP contribution in [0.25, 0.3) is 0 Å². The number of carbonyl (C=O) groups is 1. The predicted octanol–water partition coefficient (Wildman–Crippen LogP) is 2.31. The fraction of sp³-hybridized carbons (Fsp3) is 0.375. The minimum absolute atomic E-state index is 0.00618. The van der Waals surface area contributed by atoms with Gasteiger partial charge < -0.3 is 14.1 Å². The second-order valence-corrected chi connectivity index (χ2v) is 5.22. The van der Waals surface area contributed by atoms with Gasteiger partial charge in [-0.1, -0.05) is 25.1 Å². The van der Waals surface area contributed by atoms with Gasteiger partial charge in [0.1, 0.15) is 17.6 Å². The number of ether oxygens (including phenoxy) is 1. The maximum Gasteiger partial charge on any atom is 0.275 e. The lowest BCUT2D eigenvalue weighted by molar-refractivity contribution is 0.0723. The average Bonchev–Trinajstić information content (AvgIpc) is 3.11. The molecule has 0 bridgehead atoms. The Kier molecular flexibility index (Phi) is 3.64. The molecule has 0 fully saturated rings. The van der Waals surface area contributed by atoms with E-state index in [0.29, 0.717) is 24.4 Å². The van der Waals surface area contributed by atoms with Crippen molar-refractivity contribution in [1.82, 2.24) is 9.88 Å². The number of oxazole rings is 1. The van der Waals surface area contributed by atoms with Crippen molar-refractivity contribution in [2.24, 2.45) is 0 Å². The maximum absolute atomic E-state index is 12.4. The first-order chi connectivity index (χ1) is 10.2. The lowest BCUT2D eigenvalue weighted by Gasteiger charge is -2.20. The standard InChI is InChI=1S/C16H18N2O3/c1-3-13-15(17-10-20-13)16(19)18(2)9-12-8-11-6-4-5-7-14(11)21-12/h4-7,10,12H,3,8-9H2,1-2H3. The zero-order chi connectivity index (χ0) is 14.8. The minimum Gasteiger partial charge on any atom is -0.488 e. The first-order valence-corrected chi connectivity index (χ1v) is 7.11. The van der Waals surface area contributed by atoms with Crippen molar-refractivity contribution in [3.05, 3.63) is 47.7 Å². The van der Waals surface area contributed by atoms with Crippen molar-refractivity contribution in [3.8, 4) is 5.75 Å². The molecule has 0 saturated heterocycles. The summed E-state index contributed by atoms with van der Waals surface area (Å²) in [6, 6.07) is 7.98. The van der Waals surface area contributed by atoms with E-state index >= 15 is 0 Å². The molecule has 0 spiro atoms. The van der Waals surface area contributed by atoms with E-state index in [1.54, 1.807) is 11.9 Å². The summed E-state index contributed by atoms with van der Waals surface area (Å²) >= 11 is 0. The Morgan fingerprint density at radius 3 is 3.00 bits per heavy atom. The van der Waals surface area contributed by atoms with Gasteiger partial charge in [-0.2, -0.15) is 0 Å². The highest BCUT2D eigenvalue weighted by Gasteiger charge is 2.27. The second-order valence-electron chi connectivity index (χ2n) is 5.22. The number of rotatable bonds is 4. The van der Waals surface area contributed by atoms with E-state index in [-0.39, 0.29) is 12.0 Å². The third-order valence-electron chi connectivity index (χ3n) is 3.70.